The Labute approximate surface area is 93.3 Å². The molecule has 0 aliphatic heterocycles. The van der Waals surface area contributed by atoms with Crippen LogP contribution in [0, 0.1) is 0 Å². The van der Waals surface area contributed by atoms with E-state index >= 15 is 0 Å². The summed E-state index contributed by atoms with van der Waals surface area (Å²) in [6, 6.07) is 7.17. The molecule has 0 heterocycles. The first-order chi connectivity index (χ1) is 7.26. The molecule has 0 bridgehead atoms. The van der Waals surface area contributed by atoms with E-state index in [9.17, 15) is 9.59 Å². The molecule has 0 atom stereocenters. The SMILES string of the molecule is CCNC(=O)CSc1ccc(C=O)cc1. The van der Waals surface area contributed by atoms with Gasteiger partial charge in [0, 0.05) is 17.0 Å². The number of thioether (sulfide) groups is 1. The molecule has 15 heavy (non-hydrogen) atoms. The maximum absolute atomic E-state index is 11.2. The average Bonchev–Trinajstić information content (AvgIpc) is 2.27. The summed E-state index contributed by atoms with van der Waals surface area (Å²) in [7, 11) is 0. The second-order valence-electron chi connectivity index (χ2n) is 2.93. The fourth-order valence-electron chi connectivity index (χ4n) is 1.04. The number of carbonyl (C=O) groups excluding carboxylic acids is 2. The van der Waals surface area contributed by atoms with E-state index in [-0.39, 0.29) is 5.91 Å². The molecule has 0 aliphatic carbocycles. The van der Waals surface area contributed by atoms with Gasteiger partial charge in [0.2, 0.25) is 5.91 Å². The third-order valence-corrected chi connectivity index (χ3v) is 2.77. The van der Waals surface area contributed by atoms with Crippen LogP contribution in [0.25, 0.3) is 0 Å². The molecule has 1 rings (SSSR count). The van der Waals surface area contributed by atoms with E-state index in [4.69, 9.17) is 0 Å². The number of hydrogen-bond donors (Lipinski definition) is 1. The monoisotopic (exact) mass is 223 g/mol. The minimum Gasteiger partial charge on any atom is -0.356 e. The molecule has 0 fully saturated rings. The van der Waals surface area contributed by atoms with Gasteiger partial charge in [0.25, 0.3) is 0 Å². The van der Waals surface area contributed by atoms with Crippen LogP contribution in [0.2, 0.25) is 0 Å². The van der Waals surface area contributed by atoms with Gasteiger partial charge in [-0.3, -0.25) is 9.59 Å². The zero-order valence-electron chi connectivity index (χ0n) is 8.53. The van der Waals surface area contributed by atoms with Crippen molar-refractivity contribution in [2.24, 2.45) is 0 Å². The molecule has 1 aromatic carbocycles. The van der Waals surface area contributed by atoms with Crippen LogP contribution in [-0.4, -0.2) is 24.5 Å². The smallest absolute Gasteiger partial charge is 0.230 e. The van der Waals surface area contributed by atoms with Crippen LogP contribution in [0.4, 0.5) is 0 Å². The van der Waals surface area contributed by atoms with Gasteiger partial charge in [-0.25, -0.2) is 0 Å². The Morgan fingerprint density at radius 3 is 2.60 bits per heavy atom. The zero-order chi connectivity index (χ0) is 11.1. The fourth-order valence-corrected chi connectivity index (χ4v) is 1.77. The van der Waals surface area contributed by atoms with E-state index in [0.29, 0.717) is 17.9 Å². The Morgan fingerprint density at radius 2 is 2.07 bits per heavy atom. The van der Waals surface area contributed by atoms with Crippen molar-refractivity contribution in [3.8, 4) is 0 Å². The summed E-state index contributed by atoms with van der Waals surface area (Å²) < 4.78 is 0. The number of hydrogen-bond acceptors (Lipinski definition) is 3. The Hall–Kier alpha value is -1.29. The van der Waals surface area contributed by atoms with Crippen LogP contribution in [0.1, 0.15) is 17.3 Å². The van der Waals surface area contributed by atoms with Crippen LogP contribution in [0.15, 0.2) is 29.2 Å². The van der Waals surface area contributed by atoms with Gasteiger partial charge >= 0.3 is 0 Å². The van der Waals surface area contributed by atoms with Crippen LogP contribution < -0.4 is 5.32 Å². The van der Waals surface area contributed by atoms with Gasteiger partial charge in [-0.05, 0) is 19.1 Å². The topological polar surface area (TPSA) is 46.2 Å². The van der Waals surface area contributed by atoms with E-state index in [2.05, 4.69) is 5.32 Å². The van der Waals surface area contributed by atoms with Crippen molar-refractivity contribution in [1.82, 2.24) is 5.32 Å². The average molecular weight is 223 g/mol. The summed E-state index contributed by atoms with van der Waals surface area (Å²) >= 11 is 1.46. The summed E-state index contributed by atoms with van der Waals surface area (Å²) in [6.07, 6.45) is 0.804. The highest BCUT2D eigenvalue weighted by Gasteiger charge is 2.00. The Bertz CT molecular complexity index is 335. The Kier molecular flexibility index (Phi) is 4.90. The third-order valence-electron chi connectivity index (χ3n) is 1.76. The first kappa shape index (κ1) is 11.8. The summed E-state index contributed by atoms with van der Waals surface area (Å²) in [5.41, 5.74) is 0.650. The molecular weight excluding hydrogens is 210 g/mol. The summed E-state index contributed by atoms with van der Waals surface area (Å²) in [6.45, 7) is 2.55. The lowest BCUT2D eigenvalue weighted by Crippen LogP contribution is -2.24. The van der Waals surface area contributed by atoms with Crippen LogP contribution >= 0.6 is 11.8 Å². The summed E-state index contributed by atoms with van der Waals surface area (Å²) in [5.74, 6) is 0.441. The van der Waals surface area contributed by atoms with E-state index in [1.165, 1.54) is 11.8 Å². The van der Waals surface area contributed by atoms with Gasteiger partial charge in [0.15, 0.2) is 0 Å². The largest absolute Gasteiger partial charge is 0.356 e. The second-order valence-corrected chi connectivity index (χ2v) is 3.98. The molecule has 4 heteroatoms. The number of aldehydes is 1. The molecule has 0 aliphatic rings. The first-order valence-corrected chi connectivity index (χ1v) is 5.69. The van der Waals surface area contributed by atoms with E-state index < -0.39 is 0 Å². The predicted octanol–water partition coefficient (Wildman–Crippen LogP) is 1.73. The summed E-state index contributed by atoms with van der Waals surface area (Å²) in [5, 5.41) is 2.72. The number of benzene rings is 1. The number of nitrogens with one attached hydrogen (secondary N) is 1. The van der Waals surface area contributed by atoms with Crippen LogP contribution in [0.5, 0.6) is 0 Å². The van der Waals surface area contributed by atoms with Gasteiger partial charge < -0.3 is 5.32 Å². The molecule has 0 aromatic heterocycles. The van der Waals surface area contributed by atoms with Crippen LogP contribution in [-0.2, 0) is 4.79 Å². The third kappa shape index (κ3) is 4.16. The molecule has 1 amide bonds. The molecule has 1 N–H and O–H groups in total. The van der Waals surface area contributed by atoms with Crippen LogP contribution in [0.3, 0.4) is 0 Å². The van der Waals surface area contributed by atoms with Crippen molar-refractivity contribution < 1.29 is 9.59 Å². The van der Waals surface area contributed by atoms with Gasteiger partial charge in [-0.1, -0.05) is 12.1 Å². The maximum Gasteiger partial charge on any atom is 0.230 e. The minimum atomic E-state index is 0.0296. The number of amides is 1. The standard InChI is InChI=1S/C11H13NO2S/c1-2-12-11(14)8-15-10-5-3-9(7-13)4-6-10/h3-7H,2,8H2,1H3,(H,12,14). The van der Waals surface area contributed by atoms with E-state index in [1.807, 2.05) is 19.1 Å². The van der Waals surface area contributed by atoms with Crippen molar-refractivity contribution >= 4 is 24.0 Å². The van der Waals surface area contributed by atoms with E-state index in [1.54, 1.807) is 12.1 Å². The first-order valence-electron chi connectivity index (χ1n) is 4.71. The molecular formula is C11H13NO2S. The highest BCUT2D eigenvalue weighted by Crippen LogP contribution is 2.17. The predicted molar refractivity (Wildman–Crippen MR) is 61.2 cm³/mol. The molecule has 1 aromatic rings. The highest BCUT2D eigenvalue weighted by molar-refractivity contribution is 8.00. The van der Waals surface area contributed by atoms with Gasteiger partial charge in [-0.2, -0.15) is 0 Å². The van der Waals surface area contributed by atoms with Gasteiger partial charge in [0.05, 0.1) is 5.75 Å². The fraction of sp³-hybridized carbons (Fsp3) is 0.273. The Balaban J connectivity index is 2.44. The molecule has 0 radical (unpaired) electrons. The van der Waals surface area contributed by atoms with Crippen molar-refractivity contribution in [2.75, 3.05) is 12.3 Å². The normalized spacial score (nSPS) is 9.67. The number of carbonyl (C=O) groups is 2. The molecule has 3 nitrogen and oxygen atoms in total. The molecule has 80 valence electrons. The molecule has 0 saturated heterocycles. The Morgan fingerprint density at radius 1 is 1.40 bits per heavy atom. The van der Waals surface area contributed by atoms with Crippen molar-refractivity contribution in [3.63, 3.8) is 0 Å². The van der Waals surface area contributed by atoms with E-state index in [0.717, 1.165) is 11.2 Å². The lowest BCUT2D eigenvalue weighted by atomic mass is 10.2. The lowest BCUT2D eigenvalue weighted by Gasteiger charge is -2.02. The maximum atomic E-state index is 11.2. The second kappa shape index (κ2) is 6.24. The van der Waals surface area contributed by atoms with Crippen molar-refractivity contribution in [2.45, 2.75) is 11.8 Å². The molecule has 0 saturated carbocycles. The zero-order valence-corrected chi connectivity index (χ0v) is 9.34. The van der Waals surface area contributed by atoms with Crippen molar-refractivity contribution in [3.05, 3.63) is 29.8 Å². The lowest BCUT2D eigenvalue weighted by molar-refractivity contribution is -0.118. The minimum absolute atomic E-state index is 0.0296. The van der Waals surface area contributed by atoms with Gasteiger partial charge in [0.1, 0.15) is 6.29 Å². The highest BCUT2D eigenvalue weighted by atomic mass is 32.2. The number of rotatable bonds is 5. The van der Waals surface area contributed by atoms with Crippen molar-refractivity contribution in [1.29, 1.82) is 0 Å². The molecule has 0 spiro atoms. The van der Waals surface area contributed by atoms with Gasteiger partial charge in [-0.15, -0.1) is 11.8 Å². The molecule has 0 unspecified atom stereocenters. The summed E-state index contributed by atoms with van der Waals surface area (Å²) in [4.78, 5) is 22.5. The quantitative estimate of drug-likeness (QED) is 0.611.